The Kier molecular flexibility index (Phi) is 5.01. The van der Waals surface area contributed by atoms with Gasteiger partial charge in [-0.25, -0.2) is 8.42 Å². The number of esters is 1. The van der Waals surface area contributed by atoms with Gasteiger partial charge >= 0.3 is 5.97 Å². The summed E-state index contributed by atoms with van der Waals surface area (Å²) in [5.74, 6) is -0.154. The van der Waals surface area contributed by atoms with Crippen LogP contribution in [0.4, 0.5) is 0 Å². The minimum absolute atomic E-state index is 0.00460. The van der Waals surface area contributed by atoms with Gasteiger partial charge in [0.05, 0.1) is 18.1 Å². The first-order valence-corrected chi connectivity index (χ1v) is 8.49. The van der Waals surface area contributed by atoms with Crippen LogP contribution in [0.1, 0.15) is 12.0 Å². The first kappa shape index (κ1) is 15.3. The zero-order valence-corrected chi connectivity index (χ0v) is 12.4. The number of carbonyl (C=O) groups is 1. The van der Waals surface area contributed by atoms with E-state index in [1.807, 2.05) is 6.07 Å². The Morgan fingerprint density at radius 3 is 2.80 bits per heavy atom. The largest absolute Gasteiger partial charge is 0.460 e. The minimum Gasteiger partial charge on any atom is -0.460 e. The van der Waals surface area contributed by atoms with E-state index in [1.54, 1.807) is 18.2 Å². The predicted molar refractivity (Wildman–Crippen MR) is 76.3 cm³/mol. The quantitative estimate of drug-likeness (QED) is 0.825. The zero-order valence-electron chi connectivity index (χ0n) is 10.8. The maximum absolute atomic E-state index is 11.6. The molecule has 1 aliphatic rings. The summed E-state index contributed by atoms with van der Waals surface area (Å²) in [6.45, 7) is 0.119. The first-order chi connectivity index (χ1) is 9.46. The number of sulfone groups is 1. The van der Waals surface area contributed by atoms with E-state index in [4.69, 9.17) is 16.3 Å². The van der Waals surface area contributed by atoms with Crippen molar-refractivity contribution in [1.82, 2.24) is 5.32 Å². The Bertz CT molecular complexity index is 588. The normalized spacial score (nSPS) is 20.8. The highest BCUT2D eigenvalue weighted by molar-refractivity contribution is 7.91. The summed E-state index contributed by atoms with van der Waals surface area (Å²) in [7, 11) is -2.94. The fourth-order valence-electron chi connectivity index (χ4n) is 2.01. The zero-order chi connectivity index (χ0) is 14.6. The predicted octanol–water partition coefficient (Wildman–Crippen LogP) is 1.16. The van der Waals surface area contributed by atoms with E-state index in [-0.39, 0.29) is 30.7 Å². The second-order valence-electron chi connectivity index (χ2n) is 4.73. The lowest BCUT2D eigenvalue weighted by Crippen LogP contribution is -2.35. The number of nitrogens with one attached hydrogen (secondary N) is 1. The number of hydrogen-bond donors (Lipinski definition) is 1. The minimum atomic E-state index is -2.94. The van der Waals surface area contributed by atoms with Crippen LogP contribution in [0.25, 0.3) is 0 Å². The molecule has 0 spiro atoms. The van der Waals surface area contributed by atoms with Gasteiger partial charge in [-0.15, -0.1) is 0 Å². The molecule has 0 saturated carbocycles. The molecule has 1 unspecified atom stereocenters. The SMILES string of the molecule is O=C(CNC1CCS(=O)(=O)C1)OCc1ccccc1Cl. The summed E-state index contributed by atoms with van der Waals surface area (Å²) >= 11 is 5.95. The lowest BCUT2D eigenvalue weighted by atomic mass is 10.2. The molecule has 1 atom stereocenters. The molecule has 1 aromatic rings. The molecular formula is C13H16ClNO4S. The summed E-state index contributed by atoms with van der Waals surface area (Å²) in [4.78, 5) is 11.6. The van der Waals surface area contributed by atoms with Crippen molar-refractivity contribution in [3.63, 3.8) is 0 Å². The molecule has 5 nitrogen and oxygen atoms in total. The van der Waals surface area contributed by atoms with Crippen molar-refractivity contribution in [2.45, 2.75) is 19.1 Å². The van der Waals surface area contributed by atoms with Gasteiger partial charge in [-0.05, 0) is 12.5 Å². The van der Waals surface area contributed by atoms with Crippen LogP contribution >= 0.6 is 11.6 Å². The lowest BCUT2D eigenvalue weighted by Gasteiger charge is -2.10. The highest BCUT2D eigenvalue weighted by Gasteiger charge is 2.27. The molecule has 7 heteroatoms. The molecule has 1 saturated heterocycles. The van der Waals surface area contributed by atoms with Crippen molar-refractivity contribution in [1.29, 1.82) is 0 Å². The first-order valence-electron chi connectivity index (χ1n) is 6.29. The van der Waals surface area contributed by atoms with Crippen LogP contribution in [-0.4, -0.2) is 38.5 Å². The molecule has 110 valence electrons. The van der Waals surface area contributed by atoms with Crippen molar-refractivity contribution in [3.05, 3.63) is 34.9 Å². The van der Waals surface area contributed by atoms with Crippen LogP contribution in [0, 0.1) is 0 Å². The number of halogens is 1. The fraction of sp³-hybridized carbons (Fsp3) is 0.462. The molecule has 0 amide bonds. The molecular weight excluding hydrogens is 302 g/mol. The van der Waals surface area contributed by atoms with Crippen molar-refractivity contribution in [3.8, 4) is 0 Å². The van der Waals surface area contributed by atoms with E-state index in [0.29, 0.717) is 11.4 Å². The number of hydrogen-bond acceptors (Lipinski definition) is 5. The second kappa shape index (κ2) is 6.56. The van der Waals surface area contributed by atoms with Gasteiger partial charge < -0.3 is 10.1 Å². The molecule has 0 radical (unpaired) electrons. The van der Waals surface area contributed by atoms with Gasteiger partial charge in [-0.3, -0.25) is 4.79 Å². The molecule has 1 fully saturated rings. The van der Waals surface area contributed by atoms with Crippen LogP contribution in [0.15, 0.2) is 24.3 Å². The number of rotatable bonds is 5. The van der Waals surface area contributed by atoms with E-state index in [0.717, 1.165) is 5.56 Å². The molecule has 1 heterocycles. The lowest BCUT2D eigenvalue weighted by molar-refractivity contribution is -0.143. The van der Waals surface area contributed by atoms with Crippen LogP contribution in [-0.2, 0) is 26.0 Å². The van der Waals surface area contributed by atoms with Crippen LogP contribution < -0.4 is 5.32 Å². The van der Waals surface area contributed by atoms with Crippen molar-refractivity contribution >= 4 is 27.4 Å². The summed E-state index contributed by atoms with van der Waals surface area (Å²) in [6.07, 6.45) is 0.542. The van der Waals surface area contributed by atoms with E-state index >= 15 is 0 Å². The van der Waals surface area contributed by atoms with Gasteiger partial charge in [0.15, 0.2) is 9.84 Å². The highest BCUT2D eigenvalue weighted by Crippen LogP contribution is 2.15. The van der Waals surface area contributed by atoms with Crippen LogP contribution in [0.2, 0.25) is 5.02 Å². The molecule has 1 aliphatic heterocycles. The van der Waals surface area contributed by atoms with Gasteiger partial charge in [0.25, 0.3) is 0 Å². The summed E-state index contributed by atoms with van der Waals surface area (Å²) in [5, 5.41) is 3.45. The maximum Gasteiger partial charge on any atom is 0.320 e. The standard InChI is InChI=1S/C13H16ClNO4S/c14-12-4-2-1-3-10(12)8-19-13(16)7-15-11-5-6-20(17,18)9-11/h1-4,11,15H,5-9H2. The molecule has 0 aromatic heterocycles. The number of ether oxygens (including phenoxy) is 1. The Morgan fingerprint density at radius 2 is 2.15 bits per heavy atom. The van der Waals surface area contributed by atoms with Crippen molar-refractivity contribution in [2.75, 3.05) is 18.1 Å². The fourth-order valence-corrected chi connectivity index (χ4v) is 3.91. The van der Waals surface area contributed by atoms with Crippen LogP contribution in [0.5, 0.6) is 0 Å². The average Bonchev–Trinajstić information content (AvgIpc) is 2.75. The van der Waals surface area contributed by atoms with Crippen molar-refractivity contribution < 1.29 is 17.9 Å². The molecule has 2 rings (SSSR count). The second-order valence-corrected chi connectivity index (χ2v) is 7.37. The average molecular weight is 318 g/mol. The summed E-state index contributed by atoms with van der Waals surface area (Å²) in [6, 6.07) is 6.97. The van der Waals surface area contributed by atoms with E-state index in [2.05, 4.69) is 5.32 Å². The number of carbonyl (C=O) groups excluding carboxylic acids is 1. The molecule has 0 aliphatic carbocycles. The molecule has 20 heavy (non-hydrogen) atoms. The van der Waals surface area contributed by atoms with E-state index < -0.39 is 15.8 Å². The summed E-state index contributed by atoms with van der Waals surface area (Å²) in [5.41, 5.74) is 0.742. The third kappa shape index (κ3) is 4.47. The van der Waals surface area contributed by atoms with Gasteiger partial charge in [0.2, 0.25) is 0 Å². The van der Waals surface area contributed by atoms with Crippen LogP contribution in [0.3, 0.4) is 0 Å². The number of benzene rings is 1. The third-order valence-electron chi connectivity index (χ3n) is 3.11. The Hall–Kier alpha value is -1.11. The van der Waals surface area contributed by atoms with Gasteiger partial charge in [-0.1, -0.05) is 29.8 Å². The maximum atomic E-state index is 11.6. The smallest absolute Gasteiger partial charge is 0.320 e. The Balaban J connectivity index is 1.73. The van der Waals surface area contributed by atoms with E-state index in [9.17, 15) is 13.2 Å². The molecule has 0 bridgehead atoms. The van der Waals surface area contributed by atoms with Gasteiger partial charge in [0.1, 0.15) is 6.61 Å². The third-order valence-corrected chi connectivity index (χ3v) is 5.25. The highest BCUT2D eigenvalue weighted by atomic mass is 35.5. The molecule has 1 N–H and O–H groups in total. The van der Waals surface area contributed by atoms with Gasteiger partial charge in [-0.2, -0.15) is 0 Å². The monoisotopic (exact) mass is 317 g/mol. The Morgan fingerprint density at radius 1 is 1.40 bits per heavy atom. The summed E-state index contributed by atoms with van der Waals surface area (Å²) < 4.78 is 27.6. The van der Waals surface area contributed by atoms with E-state index in [1.165, 1.54) is 0 Å². The topological polar surface area (TPSA) is 72.5 Å². The molecule has 1 aromatic carbocycles. The van der Waals surface area contributed by atoms with Gasteiger partial charge in [0, 0.05) is 16.6 Å². The van der Waals surface area contributed by atoms with Crippen molar-refractivity contribution in [2.24, 2.45) is 0 Å². The Labute approximate surface area is 123 Å².